The molecule has 0 heterocycles. The van der Waals surface area contributed by atoms with E-state index >= 15 is 0 Å². The molecule has 0 spiro atoms. The number of carbonyl (C=O) groups excluding carboxylic acids is 1. The molecule has 1 aromatic carbocycles. The van der Waals surface area contributed by atoms with Crippen LogP contribution in [0, 0.1) is 5.92 Å². The highest BCUT2D eigenvalue weighted by atomic mass is 16.4. The predicted molar refractivity (Wildman–Crippen MR) is 72.1 cm³/mol. The van der Waals surface area contributed by atoms with Crippen LogP contribution in [0.1, 0.15) is 42.1 Å². The summed E-state index contributed by atoms with van der Waals surface area (Å²) < 4.78 is 0. The smallest absolute Gasteiger partial charge is 0.335 e. The Morgan fingerprint density at radius 2 is 2.21 bits per heavy atom. The Labute approximate surface area is 112 Å². The Balaban J connectivity index is 1.86. The third kappa shape index (κ3) is 3.81. The van der Waals surface area contributed by atoms with Gasteiger partial charge in [-0.25, -0.2) is 4.79 Å². The first kappa shape index (κ1) is 13.6. The maximum absolute atomic E-state index is 11.8. The molecule has 0 saturated heterocycles. The number of hydrogen-bond acceptors (Lipinski definition) is 2. The molecule has 19 heavy (non-hydrogen) atoms. The summed E-state index contributed by atoms with van der Waals surface area (Å²) in [6, 6.07) is 6.86. The zero-order chi connectivity index (χ0) is 13.8. The van der Waals surface area contributed by atoms with Crippen LogP contribution in [0.25, 0.3) is 0 Å². The summed E-state index contributed by atoms with van der Waals surface area (Å²) in [5.74, 6) is -0.349. The van der Waals surface area contributed by atoms with Crippen LogP contribution in [0.5, 0.6) is 0 Å². The lowest BCUT2D eigenvalue weighted by molar-refractivity contribution is -0.120. The lowest BCUT2D eigenvalue weighted by Crippen LogP contribution is -2.28. The van der Waals surface area contributed by atoms with E-state index in [-0.39, 0.29) is 17.9 Å². The summed E-state index contributed by atoms with van der Waals surface area (Å²) in [7, 11) is 0. The topological polar surface area (TPSA) is 66.4 Å². The fraction of sp³-hybridized carbons (Fsp3) is 0.467. The van der Waals surface area contributed by atoms with Crippen molar-refractivity contribution in [2.75, 3.05) is 0 Å². The van der Waals surface area contributed by atoms with Crippen molar-refractivity contribution in [1.82, 2.24) is 5.32 Å². The standard InChI is InChI=1S/C15H19NO3/c1-2-4-11-9-13(11)16-14(17)8-10-5-3-6-12(7-10)15(18)19/h3,5-7,11,13H,2,4,8-9H2,1H3,(H,16,17)(H,18,19). The molecule has 2 rings (SSSR count). The molecule has 1 aromatic rings. The SMILES string of the molecule is CCCC1CC1NC(=O)Cc1cccc(C(=O)O)c1. The summed E-state index contributed by atoms with van der Waals surface area (Å²) in [6.45, 7) is 2.15. The van der Waals surface area contributed by atoms with E-state index in [1.165, 1.54) is 12.5 Å². The van der Waals surface area contributed by atoms with E-state index in [1.54, 1.807) is 18.2 Å². The molecule has 0 aromatic heterocycles. The lowest BCUT2D eigenvalue weighted by Gasteiger charge is -2.05. The van der Waals surface area contributed by atoms with Crippen molar-refractivity contribution in [3.8, 4) is 0 Å². The van der Waals surface area contributed by atoms with Crippen LogP contribution in [0.2, 0.25) is 0 Å². The highest BCUT2D eigenvalue weighted by molar-refractivity contribution is 5.88. The van der Waals surface area contributed by atoms with E-state index in [4.69, 9.17) is 5.11 Å². The fourth-order valence-corrected chi connectivity index (χ4v) is 2.37. The van der Waals surface area contributed by atoms with E-state index in [9.17, 15) is 9.59 Å². The molecule has 1 saturated carbocycles. The molecule has 2 atom stereocenters. The average molecular weight is 261 g/mol. The van der Waals surface area contributed by atoms with Gasteiger partial charge in [0, 0.05) is 6.04 Å². The second-order valence-electron chi connectivity index (χ2n) is 5.14. The Morgan fingerprint density at radius 3 is 2.89 bits per heavy atom. The first-order chi connectivity index (χ1) is 9.10. The molecule has 2 N–H and O–H groups in total. The Morgan fingerprint density at radius 1 is 1.42 bits per heavy atom. The summed E-state index contributed by atoms with van der Waals surface area (Å²) in [4.78, 5) is 22.7. The number of amides is 1. The van der Waals surface area contributed by atoms with Gasteiger partial charge in [-0.3, -0.25) is 4.79 Å². The van der Waals surface area contributed by atoms with Crippen LogP contribution in [0.4, 0.5) is 0 Å². The number of aromatic carboxylic acids is 1. The fourth-order valence-electron chi connectivity index (χ4n) is 2.37. The Kier molecular flexibility index (Phi) is 4.20. The molecule has 0 radical (unpaired) electrons. The molecule has 1 amide bonds. The van der Waals surface area contributed by atoms with Gasteiger partial charge in [0.1, 0.15) is 0 Å². The van der Waals surface area contributed by atoms with Crippen LogP contribution in [0.15, 0.2) is 24.3 Å². The van der Waals surface area contributed by atoms with Crippen molar-refractivity contribution in [2.24, 2.45) is 5.92 Å². The zero-order valence-corrected chi connectivity index (χ0v) is 11.1. The molecule has 102 valence electrons. The summed E-state index contributed by atoms with van der Waals surface area (Å²) in [5.41, 5.74) is 0.964. The second-order valence-corrected chi connectivity index (χ2v) is 5.14. The molecule has 2 unspecified atom stereocenters. The number of nitrogens with one attached hydrogen (secondary N) is 1. The number of hydrogen-bond donors (Lipinski definition) is 2. The van der Waals surface area contributed by atoms with Gasteiger partial charge in [0.15, 0.2) is 0 Å². The van der Waals surface area contributed by atoms with Gasteiger partial charge in [-0.2, -0.15) is 0 Å². The van der Waals surface area contributed by atoms with Crippen LogP contribution in [-0.2, 0) is 11.2 Å². The maximum Gasteiger partial charge on any atom is 0.335 e. The maximum atomic E-state index is 11.8. The summed E-state index contributed by atoms with van der Waals surface area (Å²) in [6.07, 6.45) is 3.64. The Hall–Kier alpha value is -1.84. The van der Waals surface area contributed by atoms with Crippen LogP contribution >= 0.6 is 0 Å². The third-order valence-electron chi connectivity index (χ3n) is 3.47. The summed E-state index contributed by atoms with van der Waals surface area (Å²) >= 11 is 0. The van der Waals surface area contributed by atoms with E-state index in [0.29, 0.717) is 12.0 Å². The Bertz CT molecular complexity index is 484. The van der Waals surface area contributed by atoms with E-state index in [0.717, 1.165) is 18.4 Å². The molecule has 1 aliphatic rings. The highest BCUT2D eigenvalue weighted by Gasteiger charge is 2.36. The number of carbonyl (C=O) groups is 2. The minimum Gasteiger partial charge on any atom is -0.478 e. The predicted octanol–water partition coefficient (Wildman–Crippen LogP) is 2.23. The first-order valence-corrected chi connectivity index (χ1v) is 6.71. The molecule has 4 nitrogen and oxygen atoms in total. The number of rotatable bonds is 6. The average Bonchev–Trinajstić information content (AvgIpc) is 3.07. The van der Waals surface area contributed by atoms with Crippen molar-refractivity contribution < 1.29 is 14.7 Å². The normalized spacial score (nSPS) is 20.9. The van der Waals surface area contributed by atoms with Gasteiger partial charge in [-0.05, 0) is 36.5 Å². The minimum atomic E-state index is -0.965. The van der Waals surface area contributed by atoms with Gasteiger partial charge in [-0.15, -0.1) is 0 Å². The van der Waals surface area contributed by atoms with Crippen molar-refractivity contribution in [2.45, 2.75) is 38.6 Å². The summed E-state index contributed by atoms with van der Waals surface area (Å²) in [5, 5.41) is 11.9. The molecular weight excluding hydrogens is 242 g/mol. The molecule has 1 aliphatic carbocycles. The number of benzene rings is 1. The van der Waals surface area contributed by atoms with Gasteiger partial charge in [0.05, 0.1) is 12.0 Å². The molecule has 0 bridgehead atoms. The highest BCUT2D eigenvalue weighted by Crippen LogP contribution is 2.34. The van der Waals surface area contributed by atoms with Gasteiger partial charge in [0.25, 0.3) is 0 Å². The molecule has 1 fully saturated rings. The van der Waals surface area contributed by atoms with Gasteiger partial charge < -0.3 is 10.4 Å². The molecular formula is C15H19NO3. The van der Waals surface area contributed by atoms with Gasteiger partial charge in [-0.1, -0.05) is 25.5 Å². The van der Waals surface area contributed by atoms with Gasteiger partial charge >= 0.3 is 5.97 Å². The van der Waals surface area contributed by atoms with E-state index in [2.05, 4.69) is 12.2 Å². The van der Waals surface area contributed by atoms with Crippen molar-refractivity contribution in [3.63, 3.8) is 0 Å². The van der Waals surface area contributed by atoms with Crippen LogP contribution in [-0.4, -0.2) is 23.0 Å². The monoisotopic (exact) mass is 261 g/mol. The van der Waals surface area contributed by atoms with Crippen molar-refractivity contribution >= 4 is 11.9 Å². The largest absolute Gasteiger partial charge is 0.478 e. The van der Waals surface area contributed by atoms with Crippen molar-refractivity contribution in [3.05, 3.63) is 35.4 Å². The molecule has 4 heteroatoms. The van der Waals surface area contributed by atoms with Crippen molar-refractivity contribution in [1.29, 1.82) is 0 Å². The molecule has 0 aliphatic heterocycles. The van der Waals surface area contributed by atoms with E-state index < -0.39 is 5.97 Å². The lowest BCUT2D eigenvalue weighted by atomic mass is 10.1. The quantitative estimate of drug-likeness (QED) is 0.825. The van der Waals surface area contributed by atoms with Gasteiger partial charge in [0.2, 0.25) is 5.91 Å². The minimum absolute atomic E-state index is 0.0221. The van der Waals surface area contributed by atoms with Crippen LogP contribution in [0.3, 0.4) is 0 Å². The number of carboxylic acid groups (broad SMARTS) is 1. The second kappa shape index (κ2) is 5.87. The zero-order valence-electron chi connectivity index (χ0n) is 11.1. The number of carboxylic acids is 1. The van der Waals surface area contributed by atoms with Crippen LogP contribution < -0.4 is 5.32 Å². The third-order valence-corrected chi connectivity index (χ3v) is 3.47. The van der Waals surface area contributed by atoms with E-state index in [1.807, 2.05) is 0 Å². The first-order valence-electron chi connectivity index (χ1n) is 6.71.